The molecule has 0 aromatic carbocycles. The Balaban J connectivity index is 4.30. The van der Waals surface area contributed by atoms with E-state index in [1.807, 2.05) is 6.92 Å². The molecule has 0 aromatic heterocycles. The summed E-state index contributed by atoms with van der Waals surface area (Å²) in [5.41, 5.74) is 0.0927. The van der Waals surface area contributed by atoms with E-state index >= 15 is 0 Å². The summed E-state index contributed by atoms with van der Waals surface area (Å²) in [4.78, 5) is 0. The Morgan fingerprint density at radius 1 is 1.11 bits per heavy atom. The first-order valence-electron chi connectivity index (χ1n) is 7.03. The lowest BCUT2D eigenvalue weighted by Gasteiger charge is -2.27. The van der Waals surface area contributed by atoms with Crippen molar-refractivity contribution in [2.24, 2.45) is 11.8 Å². The van der Waals surface area contributed by atoms with Gasteiger partial charge < -0.3 is 5.32 Å². The third kappa shape index (κ3) is 8.92. The maximum atomic E-state index is 11.7. The van der Waals surface area contributed by atoms with Gasteiger partial charge in [0.2, 0.25) is 0 Å². The number of hydrogen-bond donors (Lipinski definition) is 1. The largest absolute Gasteiger partial charge is 0.312 e. The van der Waals surface area contributed by atoms with Crippen molar-refractivity contribution in [3.8, 4) is 0 Å². The van der Waals surface area contributed by atoms with Crippen LogP contribution >= 0.6 is 0 Å². The van der Waals surface area contributed by atoms with E-state index < -0.39 is 9.84 Å². The van der Waals surface area contributed by atoms with Crippen LogP contribution in [0.5, 0.6) is 0 Å². The molecule has 0 aromatic rings. The van der Waals surface area contributed by atoms with Crippen molar-refractivity contribution < 1.29 is 8.42 Å². The van der Waals surface area contributed by atoms with Crippen LogP contribution in [0.15, 0.2) is 0 Å². The molecule has 0 rings (SSSR count). The number of rotatable bonds is 8. The minimum absolute atomic E-state index is 0.0927. The molecule has 4 heteroatoms. The smallest absolute Gasteiger partial charge is 0.150 e. The van der Waals surface area contributed by atoms with Crippen molar-refractivity contribution in [3.05, 3.63) is 0 Å². The monoisotopic (exact) mass is 277 g/mol. The quantitative estimate of drug-likeness (QED) is 0.742. The lowest BCUT2D eigenvalue weighted by atomic mass is 9.92. The molecule has 1 atom stereocenters. The summed E-state index contributed by atoms with van der Waals surface area (Å²) >= 11 is 0. The molecule has 0 saturated carbocycles. The molecule has 3 nitrogen and oxygen atoms in total. The molecule has 0 aliphatic carbocycles. The number of hydrogen-bond acceptors (Lipinski definition) is 3. The fourth-order valence-electron chi connectivity index (χ4n) is 1.85. The van der Waals surface area contributed by atoms with Crippen LogP contribution in [0, 0.1) is 11.8 Å². The Kier molecular flexibility index (Phi) is 7.45. The second kappa shape index (κ2) is 7.49. The van der Waals surface area contributed by atoms with Crippen molar-refractivity contribution in [1.29, 1.82) is 0 Å². The van der Waals surface area contributed by atoms with Crippen LogP contribution in [0.3, 0.4) is 0 Å². The second-order valence-corrected chi connectivity index (χ2v) is 8.88. The van der Waals surface area contributed by atoms with Gasteiger partial charge in [-0.15, -0.1) is 0 Å². The zero-order chi connectivity index (χ0) is 14.4. The van der Waals surface area contributed by atoms with Crippen molar-refractivity contribution in [1.82, 2.24) is 5.32 Å². The van der Waals surface area contributed by atoms with Crippen LogP contribution < -0.4 is 5.32 Å². The van der Waals surface area contributed by atoms with Crippen LogP contribution in [-0.2, 0) is 9.84 Å². The normalized spacial score (nSPS) is 15.1. The van der Waals surface area contributed by atoms with E-state index in [0.717, 1.165) is 19.4 Å². The fraction of sp³-hybridized carbons (Fsp3) is 1.00. The summed E-state index contributed by atoms with van der Waals surface area (Å²) in [6.07, 6.45) is 1.48. The van der Waals surface area contributed by atoms with Crippen molar-refractivity contribution in [3.63, 3.8) is 0 Å². The van der Waals surface area contributed by atoms with E-state index in [-0.39, 0.29) is 5.54 Å². The first-order chi connectivity index (χ1) is 8.07. The van der Waals surface area contributed by atoms with Gasteiger partial charge in [0.1, 0.15) is 9.84 Å². The van der Waals surface area contributed by atoms with Gasteiger partial charge >= 0.3 is 0 Å². The topological polar surface area (TPSA) is 46.2 Å². The predicted molar refractivity (Wildman–Crippen MR) is 79.6 cm³/mol. The van der Waals surface area contributed by atoms with Gasteiger partial charge in [-0.2, -0.15) is 0 Å². The van der Waals surface area contributed by atoms with Gasteiger partial charge in [0.15, 0.2) is 0 Å². The molecular weight excluding hydrogens is 246 g/mol. The predicted octanol–water partition coefficient (Wildman–Crippen LogP) is 2.86. The molecular formula is C14H31NO2S. The third-order valence-corrected chi connectivity index (χ3v) is 5.04. The molecule has 0 saturated heterocycles. The van der Waals surface area contributed by atoms with Crippen LogP contribution in [0.2, 0.25) is 0 Å². The average Bonchev–Trinajstić information content (AvgIpc) is 2.14. The highest BCUT2D eigenvalue weighted by atomic mass is 32.2. The second-order valence-electron chi connectivity index (χ2n) is 6.58. The lowest BCUT2D eigenvalue weighted by Crippen LogP contribution is -2.40. The van der Waals surface area contributed by atoms with E-state index in [1.165, 1.54) is 0 Å². The van der Waals surface area contributed by atoms with E-state index in [1.54, 1.807) is 0 Å². The molecule has 0 bridgehead atoms. The maximum absolute atomic E-state index is 11.7. The molecule has 0 spiro atoms. The molecule has 0 aliphatic rings. The molecule has 110 valence electrons. The molecule has 18 heavy (non-hydrogen) atoms. The van der Waals surface area contributed by atoms with Crippen LogP contribution in [-0.4, -0.2) is 32.0 Å². The Bertz CT molecular complexity index is 315. The van der Waals surface area contributed by atoms with E-state index in [4.69, 9.17) is 0 Å². The highest BCUT2D eigenvalue weighted by Gasteiger charge is 2.20. The molecule has 0 amide bonds. The fourth-order valence-corrected chi connectivity index (χ4v) is 3.34. The van der Waals surface area contributed by atoms with Crippen LogP contribution in [0.4, 0.5) is 0 Å². The summed E-state index contributed by atoms with van der Waals surface area (Å²) in [6.45, 7) is 13.6. The van der Waals surface area contributed by atoms with Gasteiger partial charge in [-0.1, -0.05) is 20.8 Å². The standard InChI is InChI=1S/C14H31NO2S/c1-7-9-18(16,17)10-8-13(12(2)3)11-15-14(4,5)6/h12-13,15H,7-11H2,1-6H3. The zero-order valence-corrected chi connectivity index (χ0v) is 13.7. The zero-order valence-electron chi connectivity index (χ0n) is 12.9. The van der Waals surface area contributed by atoms with Gasteiger partial charge in [-0.3, -0.25) is 0 Å². The molecule has 0 radical (unpaired) electrons. The minimum Gasteiger partial charge on any atom is -0.312 e. The number of sulfone groups is 1. The lowest BCUT2D eigenvalue weighted by molar-refractivity contribution is 0.307. The first-order valence-corrected chi connectivity index (χ1v) is 8.85. The van der Waals surface area contributed by atoms with E-state index in [2.05, 4.69) is 39.9 Å². The summed E-state index contributed by atoms with van der Waals surface area (Å²) in [7, 11) is -2.84. The SMILES string of the molecule is CCCS(=O)(=O)CCC(CNC(C)(C)C)C(C)C. The van der Waals surface area contributed by atoms with E-state index in [0.29, 0.717) is 23.3 Å². The summed E-state index contributed by atoms with van der Waals surface area (Å²) in [5, 5.41) is 3.48. The van der Waals surface area contributed by atoms with E-state index in [9.17, 15) is 8.42 Å². The highest BCUT2D eigenvalue weighted by molar-refractivity contribution is 7.91. The van der Waals surface area contributed by atoms with Crippen molar-refractivity contribution >= 4 is 9.84 Å². The van der Waals surface area contributed by atoms with Gasteiger partial charge in [0, 0.05) is 11.3 Å². The average molecular weight is 277 g/mol. The van der Waals surface area contributed by atoms with Gasteiger partial charge in [-0.25, -0.2) is 8.42 Å². The van der Waals surface area contributed by atoms with Crippen molar-refractivity contribution in [2.75, 3.05) is 18.1 Å². The molecule has 1 unspecified atom stereocenters. The molecule has 0 heterocycles. The Morgan fingerprint density at radius 3 is 2.06 bits per heavy atom. The molecule has 1 N–H and O–H groups in total. The third-order valence-electron chi connectivity index (χ3n) is 3.15. The molecule has 0 aliphatic heterocycles. The highest BCUT2D eigenvalue weighted by Crippen LogP contribution is 2.17. The van der Waals surface area contributed by atoms with Crippen LogP contribution in [0.1, 0.15) is 54.4 Å². The molecule has 0 fully saturated rings. The van der Waals surface area contributed by atoms with Crippen LogP contribution in [0.25, 0.3) is 0 Å². The van der Waals surface area contributed by atoms with Gasteiger partial charge in [-0.05, 0) is 52.0 Å². The van der Waals surface area contributed by atoms with Gasteiger partial charge in [0.05, 0.1) is 5.75 Å². The Hall–Kier alpha value is -0.0900. The van der Waals surface area contributed by atoms with Gasteiger partial charge in [0.25, 0.3) is 0 Å². The minimum atomic E-state index is -2.84. The summed E-state index contributed by atoms with van der Waals surface area (Å²) in [5.74, 6) is 1.59. The number of nitrogens with one attached hydrogen (secondary N) is 1. The Labute approximate surface area is 114 Å². The summed E-state index contributed by atoms with van der Waals surface area (Å²) < 4.78 is 23.5. The Morgan fingerprint density at radius 2 is 1.67 bits per heavy atom. The van der Waals surface area contributed by atoms with Crippen molar-refractivity contribution in [2.45, 2.75) is 59.9 Å². The summed E-state index contributed by atoms with van der Waals surface area (Å²) in [6, 6.07) is 0. The maximum Gasteiger partial charge on any atom is 0.150 e. The first kappa shape index (κ1) is 17.9.